The zero-order valence-corrected chi connectivity index (χ0v) is 18.0. The maximum Gasteiger partial charge on any atom is 0.264 e. The molecule has 0 fully saturated rings. The molecule has 10 nitrogen and oxygen atoms in total. The molecule has 31 heavy (non-hydrogen) atoms. The normalized spacial score (nSPS) is 13.5. The molecule has 2 N–H and O–H groups in total. The molecule has 0 aliphatic rings. The minimum atomic E-state index is -3.84. The van der Waals surface area contributed by atoms with E-state index in [1.807, 2.05) is 24.3 Å². The summed E-state index contributed by atoms with van der Waals surface area (Å²) in [5, 5.41) is 12.8. The quantitative estimate of drug-likeness (QED) is 0.411. The summed E-state index contributed by atoms with van der Waals surface area (Å²) in [5.41, 5.74) is 3.29. The number of hydrogen-bond acceptors (Lipinski definition) is 8. The van der Waals surface area contributed by atoms with Crippen molar-refractivity contribution in [1.29, 1.82) is 0 Å². The van der Waals surface area contributed by atoms with Gasteiger partial charge in [-0.3, -0.25) is 14.8 Å². The number of hydrogen-bond donors (Lipinski definition) is 2. The molecule has 0 saturated carbocycles. The highest BCUT2D eigenvalue weighted by molar-refractivity contribution is 7.92. The van der Waals surface area contributed by atoms with Crippen LogP contribution in [0.3, 0.4) is 0 Å². The van der Waals surface area contributed by atoms with Crippen molar-refractivity contribution in [2.75, 3.05) is 6.26 Å². The standard InChI is InChI=1S/C20H22N4O6S/c1-13-21-18(23-30-13)15-6-4-14(5-7-15)16-8-10-24(17(25)12-16)11-9-20(2,19(26)22-27)31(3,28)29/h4-8,10,12,27H,9,11H2,1-3H3,(H,22,26)/t20-/m1/s1. The number of pyridine rings is 1. The Kier molecular flexibility index (Phi) is 6.09. The Morgan fingerprint density at radius 1 is 1.19 bits per heavy atom. The summed E-state index contributed by atoms with van der Waals surface area (Å²) in [7, 11) is -3.84. The number of hydroxylamine groups is 1. The first kappa shape index (κ1) is 22.4. The molecular formula is C20H22N4O6S. The number of benzene rings is 1. The van der Waals surface area contributed by atoms with Gasteiger partial charge in [-0.05, 0) is 30.5 Å². The lowest BCUT2D eigenvalue weighted by molar-refractivity contribution is -0.131. The van der Waals surface area contributed by atoms with Crippen LogP contribution in [0.15, 0.2) is 51.9 Å². The van der Waals surface area contributed by atoms with Crippen molar-refractivity contribution in [2.45, 2.75) is 31.6 Å². The molecule has 0 aliphatic heterocycles. The highest BCUT2D eigenvalue weighted by Crippen LogP contribution is 2.24. The van der Waals surface area contributed by atoms with Gasteiger partial charge in [0.2, 0.25) is 11.7 Å². The number of nitrogens with zero attached hydrogens (tertiary/aromatic N) is 3. The van der Waals surface area contributed by atoms with Gasteiger partial charge in [-0.15, -0.1) is 0 Å². The van der Waals surface area contributed by atoms with E-state index >= 15 is 0 Å². The average Bonchev–Trinajstić information content (AvgIpc) is 3.17. The van der Waals surface area contributed by atoms with Gasteiger partial charge in [0.05, 0.1) is 0 Å². The summed E-state index contributed by atoms with van der Waals surface area (Å²) >= 11 is 0. The molecule has 1 atom stereocenters. The monoisotopic (exact) mass is 446 g/mol. The van der Waals surface area contributed by atoms with Gasteiger partial charge in [0.25, 0.3) is 11.5 Å². The van der Waals surface area contributed by atoms with Crippen molar-refractivity contribution in [3.8, 4) is 22.5 Å². The second-order valence-corrected chi connectivity index (χ2v) is 9.80. The smallest absolute Gasteiger partial charge is 0.264 e. The SMILES string of the molecule is Cc1nc(-c2ccc(-c3ccn(CC[C@](C)(C(=O)NO)S(C)(=O)=O)c(=O)c3)cc2)no1. The van der Waals surface area contributed by atoms with Crippen molar-refractivity contribution in [3.05, 3.63) is 58.8 Å². The van der Waals surface area contributed by atoms with E-state index in [9.17, 15) is 18.0 Å². The van der Waals surface area contributed by atoms with E-state index in [1.165, 1.54) is 29.2 Å². The van der Waals surface area contributed by atoms with Crippen LogP contribution in [0.5, 0.6) is 0 Å². The first-order valence-corrected chi connectivity index (χ1v) is 11.2. The first-order valence-electron chi connectivity index (χ1n) is 9.31. The molecule has 0 aliphatic carbocycles. The molecule has 0 radical (unpaired) electrons. The van der Waals surface area contributed by atoms with Crippen LogP contribution in [-0.4, -0.2) is 45.2 Å². The highest BCUT2D eigenvalue weighted by atomic mass is 32.2. The van der Waals surface area contributed by atoms with Crippen LogP contribution >= 0.6 is 0 Å². The number of carbonyl (C=O) groups excluding carboxylic acids is 1. The predicted molar refractivity (Wildman–Crippen MR) is 112 cm³/mol. The van der Waals surface area contributed by atoms with Gasteiger partial charge in [0.1, 0.15) is 0 Å². The molecule has 0 spiro atoms. The fourth-order valence-corrected chi connectivity index (χ4v) is 3.86. The highest BCUT2D eigenvalue weighted by Gasteiger charge is 2.43. The van der Waals surface area contributed by atoms with Crippen LogP contribution in [-0.2, 0) is 21.2 Å². The van der Waals surface area contributed by atoms with Gasteiger partial charge in [0, 0.05) is 37.6 Å². The molecular weight excluding hydrogens is 424 g/mol. The Hall–Kier alpha value is -3.31. The molecule has 2 aromatic heterocycles. The van der Waals surface area contributed by atoms with Crippen LogP contribution in [0.1, 0.15) is 19.2 Å². The van der Waals surface area contributed by atoms with Crippen LogP contribution < -0.4 is 11.0 Å². The Labute approximate surface area is 178 Å². The third-order valence-corrected chi connectivity index (χ3v) is 7.26. The minimum absolute atomic E-state index is 0.0216. The topological polar surface area (TPSA) is 144 Å². The number of nitrogens with one attached hydrogen (secondary N) is 1. The second-order valence-electron chi connectivity index (χ2n) is 7.36. The van der Waals surface area contributed by atoms with E-state index < -0.39 is 20.5 Å². The molecule has 2 heterocycles. The Balaban J connectivity index is 1.80. The average molecular weight is 446 g/mol. The second kappa shape index (κ2) is 8.44. The molecule has 1 aromatic carbocycles. The number of aryl methyl sites for hydroxylation is 2. The predicted octanol–water partition coefficient (Wildman–Crippen LogP) is 1.57. The van der Waals surface area contributed by atoms with Crippen molar-refractivity contribution >= 4 is 15.7 Å². The number of amides is 1. The molecule has 11 heteroatoms. The van der Waals surface area contributed by atoms with Gasteiger partial charge in [-0.25, -0.2) is 13.9 Å². The number of aromatic nitrogens is 3. The Morgan fingerprint density at radius 2 is 1.84 bits per heavy atom. The molecule has 0 bridgehead atoms. The summed E-state index contributed by atoms with van der Waals surface area (Å²) in [5.74, 6) is -0.108. The molecule has 164 valence electrons. The largest absolute Gasteiger partial charge is 0.339 e. The zero-order valence-electron chi connectivity index (χ0n) is 17.2. The fraction of sp³-hybridized carbons (Fsp3) is 0.300. The van der Waals surface area contributed by atoms with E-state index in [-0.39, 0.29) is 18.5 Å². The van der Waals surface area contributed by atoms with E-state index in [4.69, 9.17) is 9.73 Å². The summed E-state index contributed by atoms with van der Waals surface area (Å²) in [4.78, 5) is 28.6. The van der Waals surface area contributed by atoms with Crippen molar-refractivity contribution in [1.82, 2.24) is 20.2 Å². The van der Waals surface area contributed by atoms with Gasteiger partial charge in [-0.1, -0.05) is 29.4 Å². The molecule has 1 amide bonds. The van der Waals surface area contributed by atoms with Crippen LogP contribution in [0.4, 0.5) is 0 Å². The fourth-order valence-electron chi connectivity index (χ4n) is 3.02. The minimum Gasteiger partial charge on any atom is -0.339 e. The van der Waals surface area contributed by atoms with Crippen LogP contribution in [0.2, 0.25) is 0 Å². The lowest BCUT2D eigenvalue weighted by Gasteiger charge is -2.25. The van der Waals surface area contributed by atoms with Crippen molar-refractivity contribution < 1.29 is 22.9 Å². The maximum absolute atomic E-state index is 12.5. The lowest BCUT2D eigenvalue weighted by Crippen LogP contribution is -2.49. The lowest BCUT2D eigenvalue weighted by atomic mass is 10.0. The molecule has 3 aromatic rings. The van der Waals surface area contributed by atoms with E-state index in [0.29, 0.717) is 17.3 Å². The van der Waals surface area contributed by atoms with Crippen molar-refractivity contribution in [2.24, 2.45) is 0 Å². The van der Waals surface area contributed by atoms with Crippen LogP contribution in [0.25, 0.3) is 22.5 Å². The molecule has 3 rings (SSSR count). The van der Waals surface area contributed by atoms with E-state index in [0.717, 1.165) is 17.4 Å². The maximum atomic E-state index is 12.5. The summed E-state index contributed by atoms with van der Waals surface area (Å²) in [6.07, 6.45) is 2.26. The van der Waals surface area contributed by atoms with Crippen LogP contribution in [0, 0.1) is 6.92 Å². The third kappa shape index (κ3) is 4.57. The summed E-state index contributed by atoms with van der Waals surface area (Å²) in [6.45, 7) is 2.89. The summed E-state index contributed by atoms with van der Waals surface area (Å²) in [6, 6.07) is 10.4. The van der Waals surface area contributed by atoms with E-state index in [1.54, 1.807) is 13.0 Å². The van der Waals surface area contributed by atoms with E-state index in [2.05, 4.69) is 10.1 Å². The third-order valence-electron chi connectivity index (χ3n) is 5.23. The summed E-state index contributed by atoms with van der Waals surface area (Å²) < 4.78 is 28.5. The van der Waals surface area contributed by atoms with Gasteiger partial charge < -0.3 is 9.09 Å². The Morgan fingerprint density at radius 3 is 2.35 bits per heavy atom. The van der Waals surface area contributed by atoms with Crippen molar-refractivity contribution in [3.63, 3.8) is 0 Å². The number of rotatable bonds is 7. The number of carbonyl (C=O) groups is 1. The molecule has 0 saturated heterocycles. The zero-order chi connectivity index (χ0) is 22.8. The number of sulfone groups is 1. The first-order chi connectivity index (χ1) is 14.5. The van der Waals surface area contributed by atoms with Gasteiger partial charge in [-0.2, -0.15) is 4.98 Å². The van der Waals surface area contributed by atoms with Gasteiger partial charge >= 0.3 is 0 Å². The molecule has 0 unspecified atom stereocenters. The van der Waals surface area contributed by atoms with Gasteiger partial charge in [0.15, 0.2) is 14.6 Å². The Bertz CT molecular complexity index is 1260.